The summed E-state index contributed by atoms with van der Waals surface area (Å²) in [5.74, 6) is 1.27. The summed E-state index contributed by atoms with van der Waals surface area (Å²) in [6.45, 7) is 4.04. The van der Waals surface area contributed by atoms with Gasteiger partial charge in [0.1, 0.15) is 5.82 Å². The van der Waals surface area contributed by atoms with E-state index < -0.39 is 0 Å². The van der Waals surface area contributed by atoms with Crippen molar-refractivity contribution >= 4 is 11.8 Å². The second kappa shape index (κ2) is 4.02. The highest BCUT2D eigenvalue weighted by Gasteiger charge is 2.20. The van der Waals surface area contributed by atoms with Crippen molar-refractivity contribution in [3.8, 4) is 0 Å². The minimum Gasteiger partial charge on any atom is -0.383 e. The maximum Gasteiger partial charge on any atom is 0.222 e. The molecule has 5 N–H and O–H groups in total. The molecule has 2 rings (SSSR count). The van der Waals surface area contributed by atoms with Crippen molar-refractivity contribution in [2.45, 2.75) is 25.7 Å². The fourth-order valence-corrected chi connectivity index (χ4v) is 2.06. The van der Waals surface area contributed by atoms with Crippen molar-refractivity contribution < 1.29 is 0 Å². The quantitative estimate of drug-likeness (QED) is 0.621. The third-order valence-corrected chi connectivity index (χ3v) is 2.96. The highest BCUT2D eigenvalue weighted by molar-refractivity contribution is 5.46. The van der Waals surface area contributed by atoms with Crippen LogP contribution in [0.3, 0.4) is 0 Å². The smallest absolute Gasteiger partial charge is 0.222 e. The van der Waals surface area contributed by atoms with Gasteiger partial charge in [-0.05, 0) is 32.9 Å². The Kier molecular flexibility index (Phi) is 2.73. The Morgan fingerprint density at radius 2 is 1.87 bits per heavy atom. The number of aromatic nitrogens is 2. The molecule has 1 fully saturated rings. The number of nitrogens with one attached hydrogen (secondary N) is 1. The molecule has 0 saturated carbocycles. The Hall–Kier alpha value is -1.36. The van der Waals surface area contributed by atoms with Gasteiger partial charge < -0.3 is 16.8 Å². The molecule has 0 aliphatic carbocycles. The summed E-state index contributed by atoms with van der Waals surface area (Å²) < 4.78 is 0. The van der Waals surface area contributed by atoms with Gasteiger partial charge >= 0.3 is 0 Å². The third-order valence-electron chi connectivity index (χ3n) is 2.96. The van der Waals surface area contributed by atoms with Gasteiger partial charge in [0.15, 0.2) is 0 Å². The number of rotatable bonds is 1. The van der Waals surface area contributed by atoms with E-state index >= 15 is 0 Å². The van der Waals surface area contributed by atoms with Crippen molar-refractivity contribution in [1.29, 1.82) is 0 Å². The van der Waals surface area contributed by atoms with Crippen LogP contribution in [0.2, 0.25) is 0 Å². The molecule has 1 aliphatic rings. The highest BCUT2D eigenvalue weighted by Crippen LogP contribution is 2.28. The molecule has 0 unspecified atom stereocenters. The van der Waals surface area contributed by atoms with Gasteiger partial charge in [-0.3, -0.25) is 0 Å². The number of anilines is 2. The molecule has 1 saturated heterocycles. The summed E-state index contributed by atoms with van der Waals surface area (Å²) in [4.78, 5) is 8.27. The van der Waals surface area contributed by atoms with E-state index in [4.69, 9.17) is 11.5 Å². The summed E-state index contributed by atoms with van der Waals surface area (Å²) in [6.07, 6.45) is 2.19. The topological polar surface area (TPSA) is 89.8 Å². The van der Waals surface area contributed by atoms with Gasteiger partial charge in [0.05, 0.1) is 5.69 Å². The molecule has 1 aromatic heterocycles. The van der Waals surface area contributed by atoms with E-state index in [0.717, 1.165) is 37.2 Å². The molecule has 0 radical (unpaired) electrons. The second-order valence-corrected chi connectivity index (χ2v) is 4.00. The molecule has 2 heterocycles. The molecule has 1 aliphatic heterocycles. The van der Waals surface area contributed by atoms with E-state index in [9.17, 15) is 0 Å². The molecule has 82 valence electrons. The number of piperidine rings is 1. The first kappa shape index (κ1) is 10.2. The van der Waals surface area contributed by atoms with Crippen molar-refractivity contribution in [2.24, 2.45) is 0 Å². The largest absolute Gasteiger partial charge is 0.383 e. The summed E-state index contributed by atoms with van der Waals surface area (Å²) in [5, 5.41) is 3.33. The fraction of sp³-hybridized carbons (Fsp3) is 0.600. The van der Waals surface area contributed by atoms with Gasteiger partial charge in [-0.15, -0.1) is 0 Å². The van der Waals surface area contributed by atoms with Crippen LogP contribution < -0.4 is 16.8 Å². The monoisotopic (exact) mass is 207 g/mol. The molecule has 0 aromatic carbocycles. The highest BCUT2D eigenvalue weighted by atomic mass is 15.0. The average Bonchev–Trinajstić information content (AvgIpc) is 2.24. The van der Waals surface area contributed by atoms with Crippen LogP contribution in [-0.4, -0.2) is 23.1 Å². The SMILES string of the molecule is Cc1c(N)nc(N)nc1C1CCNCC1. The van der Waals surface area contributed by atoms with Gasteiger partial charge in [-0.2, -0.15) is 4.98 Å². The van der Waals surface area contributed by atoms with Gasteiger partial charge in [0, 0.05) is 11.5 Å². The van der Waals surface area contributed by atoms with E-state index in [1.807, 2.05) is 6.92 Å². The summed E-state index contributed by atoms with van der Waals surface area (Å²) >= 11 is 0. The Labute approximate surface area is 89.3 Å². The Bertz CT molecular complexity index is 357. The maximum atomic E-state index is 5.78. The molecular weight excluding hydrogens is 190 g/mol. The zero-order valence-corrected chi connectivity index (χ0v) is 8.95. The van der Waals surface area contributed by atoms with Crippen LogP contribution in [0.5, 0.6) is 0 Å². The number of nitrogens with zero attached hydrogens (tertiary/aromatic N) is 2. The van der Waals surface area contributed by atoms with Gasteiger partial charge in [-0.25, -0.2) is 4.98 Å². The summed E-state index contributed by atoms with van der Waals surface area (Å²) in [5.41, 5.74) is 13.4. The van der Waals surface area contributed by atoms with Gasteiger partial charge in [0.2, 0.25) is 5.95 Å². The predicted octanol–water partition coefficient (Wildman–Crippen LogP) is 0.416. The number of hydrogen-bond donors (Lipinski definition) is 3. The first-order chi connectivity index (χ1) is 7.18. The molecule has 15 heavy (non-hydrogen) atoms. The van der Waals surface area contributed by atoms with Crippen molar-refractivity contribution in [3.63, 3.8) is 0 Å². The summed E-state index contributed by atoms with van der Waals surface area (Å²) in [7, 11) is 0. The molecular formula is C10H17N5. The second-order valence-electron chi connectivity index (χ2n) is 4.00. The maximum absolute atomic E-state index is 5.78. The average molecular weight is 207 g/mol. The van der Waals surface area contributed by atoms with Crippen molar-refractivity contribution in [1.82, 2.24) is 15.3 Å². The van der Waals surface area contributed by atoms with E-state index in [1.165, 1.54) is 0 Å². The van der Waals surface area contributed by atoms with E-state index in [-0.39, 0.29) is 5.95 Å². The minimum atomic E-state index is 0.284. The number of nitrogen functional groups attached to an aromatic ring is 2. The standard InChI is InChI=1S/C10H17N5/c1-6-8(7-2-4-13-5-3-7)14-10(12)15-9(6)11/h7,13H,2-5H2,1H3,(H4,11,12,14,15). The van der Waals surface area contributed by atoms with Gasteiger partial charge in [0.25, 0.3) is 0 Å². The molecule has 0 bridgehead atoms. The van der Waals surface area contributed by atoms with Crippen molar-refractivity contribution in [2.75, 3.05) is 24.6 Å². The van der Waals surface area contributed by atoms with Crippen LogP contribution in [0.4, 0.5) is 11.8 Å². The Morgan fingerprint density at radius 1 is 1.20 bits per heavy atom. The normalized spacial score (nSPS) is 17.9. The molecule has 0 atom stereocenters. The van der Waals surface area contributed by atoms with E-state index in [2.05, 4.69) is 15.3 Å². The zero-order chi connectivity index (χ0) is 10.8. The zero-order valence-electron chi connectivity index (χ0n) is 8.95. The van der Waals surface area contributed by atoms with Crippen LogP contribution in [-0.2, 0) is 0 Å². The number of hydrogen-bond acceptors (Lipinski definition) is 5. The molecule has 5 heteroatoms. The first-order valence-electron chi connectivity index (χ1n) is 5.28. The molecule has 1 aromatic rings. The lowest BCUT2D eigenvalue weighted by Crippen LogP contribution is -2.27. The van der Waals surface area contributed by atoms with Crippen LogP contribution in [0.15, 0.2) is 0 Å². The third kappa shape index (κ3) is 2.02. The van der Waals surface area contributed by atoms with E-state index in [0.29, 0.717) is 11.7 Å². The lowest BCUT2D eigenvalue weighted by molar-refractivity contribution is 0.452. The van der Waals surface area contributed by atoms with Crippen LogP contribution >= 0.6 is 0 Å². The van der Waals surface area contributed by atoms with Crippen molar-refractivity contribution in [3.05, 3.63) is 11.3 Å². The van der Waals surface area contributed by atoms with E-state index in [1.54, 1.807) is 0 Å². The molecule has 0 amide bonds. The Morgan fingerprint density at radius 3 is 2.53 bits per heavy atom. The number of nitrogens with two attached hydrogens (primary N) is 2. The lowest BCUT2D eigenvalue weighted by Gasteiger charge is -2.23. The van der Waals surface area contributed by atoms with Crippen LogP contribution in [0, 0.1) is 6.92 Å². The molecule has 0 spiro atoms. The summed E-state index contributed by atoms with van der Waals surface area (Å²) in [6, 6.07) is 0. The molecule has 5 nitrogen and oxygen atoms in total. The predicted molar refractivity (Wildman–Crippen MR) is 60.4 cm³/mol. The Balaban J connectivity index is 2.33. The lowest BCUT2D eigenvalue weighted by atomic mass is 9.92. The first-order valence-corrected chi connectivity index (χ1v) is 5.28. The fourth-order valence-electron chi connectivity index (χ4n) is 2.06. The minimum absolute atomic E-state index is 0.284. The van der Waals surface area contributed by atoms with Crippen LogP contribution in [0.25, 0.3) is 0 Å². The van der Waals surface area contributed by atoms with Gasteiger partial charge in [-0.1, -0.05) is 0 Å². The van der Waals surface area contributed by atoms with Crippen LogP contribution in [0.1, 0.15) is 30.0 Å².